The summed E-state index contributed by atoms with van der Waals surface area (Å²) in [7, 11) is 0. The van der Waals surface area contributed by atoms with Crippen molar-refractivity contribution < 1.29 is 13.2 Å². The molecule has 0 radical (unpaired) electrons. The average molecular weight is 224 g/mol. The fourth-order valence-electron chi connectivity index (χ4n) is 1.96. The van der Waals surface area contributed by atoms with Gasteiger partial charge in [-0.05, 0) is 33.7 Å². The highest BCUT2D eigenvalue weighted by Crippen LogP contribution is 2.22. The molecule has 0 aromatic rings. The minimum atomic E-state index is -4.10. The van der Waals surface area contributed by atoms with Gasteiger partial charge in [0.05, 0.1) is 6.54 Å². The van der Waals surface area contributed by atoms with Crippen LogP contribution in [-0.2, 0) is 0 Å². The van der Waals surface area contributed by atoms with Crippen LogP contribution < -0.4 is 5.32 Å². The average Bonchev–Trinajstić information content (AvgIpc) is 2.08. The maximum absolute atomic E-state index is 12.3. The van der Waals surface area contributed by atoms with E-state index in [0.29, 0.717) is 6.54 Å². The number of nitrogens with zero attached hydrogens (tertiary/aromatic N) is 1. The third-order valence-corrected chi connectivity index (χ3v) is 2.77. The molecule has 0 amide bonds. The van der Waals surface area contributed by atoms with Crippen LogP contribution in [0, 0.1) is 0 Å². The lowest BCUT2D eigenvalue weighted by Gasteiger charge is -2.33. The van der Waals surface area contributed by atoms with E-state index in [2.05, 4.69) is 5.32 Å². The Balaban J connectivity index is 2.66. The molecule has 1 heterocycles. The Hall–Kier alpha value is -0.290. The van der Waals surface area contributed by atoms with Crippen molar-refractivity contribution in [2.75, 3.05) is 19.6 Å². The summed E-state index contributed by atoms with van der Waals surface area (Å²) in [6.07, 6.45) is -3.34. The SMILES string of the molecule is CC1CCNC(C)(C)CN1CC(F)(F)F. The van der Waals surface area contributed by atoms with E-state index in [0.717, 1.165) is 13.0 Å². The smallest absolute Gasteiger partial charge is 0.310 e. The summed E-state index contributed by atoms with van der Waals surface area (Å²) in [5.74, 6) is 0. The quantitative estimate of drug-likeness (QED) is 0.733. The number of nitrogens with one attached hydrogen (secondary N) is 1. The monoisotopic (exact) mass is 224 g/mol. The Bertz CT molecular complexity index is 213. The molecule has 15 heavy (non-hydrogen) atoms. The van der Waals surface area contributed by atoms with Crippen LogP contribution in [-0.4, -0.2) is 42.3 Å². The van der Waals surface area contributed by atoms with Crippen LogP contribution in [0.4, 0.5) is 13.2 Å². The first-order valence-electron chi connectivity index (χ1n) is 5.25. The minimum Gasteiger partial charge on any atom is -0.310 e. The molecule has 1 N–H and O–H groups in total. The molecule has 1 saturated heterocycles. The van der Waals surface area contributed by atoms with Crippen molar-refractivity contribution in [3.8, 4) is 0 Å². The highest BCUT2D eigenvalue weighted by molar-refractivity contribution is 4.88. The van der Waals surface area contributed by atoms with Gasteiger partial charge in [-0.1, -0.05) is 0 Å². The molecule has 1 rings (SSSR count). The van der Waals surface area contributed by atoms with Gasteiger partial charge in [0, 0.05) is 18.1 Å². The molecule has 1 atom stereocenters. The van der Waals surface area contributed by atoms with Crippen LogP contribution in [0.15, 0.2) is 0 Å². The van der Waals surface area contributed by atoms with Crippen molar-refractivity contribution in [2.45, 2.75) is 44.9 Å². The number of hydrogen-bond donors (Lipinski definition) is 1. The molecule has 5 heteroatoms. The normalized spacial score (nSPS) is 28.8. The van der Waals surface area contributed by atoms with Gasteiger partial charge in [-0.15, -0.1) is 0 Å². The van der Waals surface area contributed by atoms with Crippen LogP contribution in [0.25, 0.3) is 0 Å². The number of alkyl halides is 3. The van der Waals surface area contributed by atoms with Crippen LogP contribution in [0.1, 0.15) is 27.2 Å². The predicted octanol–water partition coefficient (Wildman–Crippen LogP) is 2.01. The summed E-state index contributed by atoms with van der Waals surface area (Å²) in [6, 6.07) is -0.0131. The molecular weight excluding hydrogens is 205 g/mol. The summed E-state index contributed by atoms with van der Waals surface area (Å²) in [4.78, 5) is 1.51. The maximum Gasteiger partial charge on any atom is 0.401 e. The van der Waals surface area contributed by atoms with Crippen molar-refractivity contribution in [1.82, 2.24) is 10.2 Å². The van der Waals surface area contributed by atoms with E-state index in [1.54, 1.807) is 0 Å². The van der Waals surface area contributed by atoms with Crippen molar-refractivity contribution in [3.05, 3.63) is 0 Å². The summed E-state index contributed by atoms with van der Waals surface area (Å²) >= 11 is 0. The zero-order valence-corrected chi connectivity index (χ0v) is 9.49. The van der Waals surface area contributed by atoms with Gasteiger partial charge in [0.25, 0.3) is 0 Å². The summed E-state index contributed by atoms with van der Waals surface area (Å²) in [5.41, 5.74) is -0.240. The predicted molar refractivity (Wildman–Crippen MR) is 53.8 cm³/mol. The van der Waals surface area contributed by atoms with Crippen LogP contribution in [0.3, 0.4) is 0 Å². The van der Waals surface area contributed by atoms with E-state index in [4.69, 9.17) is 0 Å². The van der Waals surface area contributed by atoms with E-state index in [1.807, 2.05) is 20.8 Å². The van der Waals surface area contributed by atoms with E-state index >= 15 is 0 Å². The molecule has 0 aliphatic carbocycles. The van der Waals surface area contributed by atoms with Crippen molar-refractivity contribution in [2.24, 2.45) is 0 Å². The van der Waals surface area contributed by atoms with Gasteiger partial charge in [0.1, 0.15) is 0 Å². The highest BCUT2D eigenvalue weighted by atomic mass is 19.4. The summed E-state index contributed by atoms with van der Waals surface area (Å²) in [5, 5.41) is 3.26. The molecule has 1 fully saturated rings. The third-order valence-electron chi connectivity index (χ3n) is 2.77. The zero-order chi connectivity index (χ0) is 11.7. The lowest BCUT2D eigenvalue weighted by molar-refractivity contribution is -0.151. The first kappa shape index (κ1) is 12.8. The van der Waals surface area contributed by atoms with E-state index < -0.39 is 12.7 Å². The molecule has 0 aromatic heterocycles. The first-order valence-corrected chi connectivity index (χ1v) is 5.25. The maximum atomic E-state index is 12.3. The topological polar surface area (TPSA) is 15.3 Å². The Morgan fingerprint density at radius 3 is 2.53 bits per heavy atom. The molecule has 2 nitrogen and oxygen atoms in total. The van der Waals surface area contributed by atoms with Gasteiger partial charge in [-0.25, -0.2) is 0 Å². The van der Waals surface area contributed by atoms with E-state index in [9.17, 15) is 13.2 Å². The van der Waals surface area contributed by atoms with Crippen molar-refractivity contribution in [1.29, 1.82) is 0 Å². The third kappa shape index (κ3) is 4.38. The standard InChI is InChI=1S/C10H19F3N2/c1-8-4-5-14-9(2,3)6-15(8)7-10(11,12)13/h8,14H,4-7H2,1-3H3. The van der Waals surface area contributed by atoms with Crippen LogP contribution in [0.2, 0.25) is 0 Å². The van der Waals surface area contributed by atoms with Gasteiger partial charge in [-0.3, -0.25) is 4.90 Å². The first-order chi connectivity index (χ1) is 6.70. The van der Waals surface area contributed by atoms with Gasteiger partial charge < -0.3 is 5.32 Å². The fourth-order valence-corrected chi connectivity index (χ4v) is 1.96. The zero-order valence-electron chi connectivity index (χ0n) is 9.49. The molecule has 1 aliphatic heterocycles. The fraction of sp³-hybridized carbons (Fsp3) is 1.00. The van der Waals surface area contributed by atoms with Crippen molar-refractivity contribution in [3.63, 3.8) is 0 Å². The van der Waals surface area contributed by atoms with Crippen molar-refractivity contribution >= 4 is 0 Å². The molecule has 90 valence electrons. The summed E-state index contributed by atoms with van der Waals surface area (Å²) in [6.45, 7) is 6.15. The van der Waals surface area contributed by atoms with Gasteiger partial charge in [0.2, 0.25) is 0 Å². The second kappa shape index (κ2) is 4.29. The number of halogens is 3. The highest BCUT2D eigenvalue weighted by Gasteiger charge is 2.36. The molecular formula is C10H19F3N2. The van der Waals surface area contributed by atoms with Gasteiger partial charge in [-0.2, -0.15) is 13.2 Å². The molecule has 1 unspecified atom stereocenters. The minimum absolute atomic E-state index is 0.0131. The number of rotatable bonds is 1. The Kier molecular flexibility index (Phi) is 3.66. The Morgan fingerprint density at radius 2 is 2.00 bits per heavy atom. The second-order valence-electron chi connectivity index (χ2n) is 4.97. The second-order valence-corrected chi connectivity index (χ2v) is 4.97. The molecule has 0 bridgehead atoms. The largest absolute Gasteiger partial charge is 0.401 e. The summed E-state index contributed by atoms with van der Waals surface area (Å²) < 4.78 is 37.0. The van der Waals surface area contributed by atoms with Gasteiger partial charge in [0.15, 0.2) is 0 Å². The van der Waals surface area contributed by atoms with Crippen LogP contribution >= 0.6 is 0 Å². The Morgan fingerprint density at radius 1 is 1.40 bits per heavy atom. The lowest BCUT2D eigenvalue weighted by atomic mass is 10.1. The molecule has 0 saturated carbocycles. The number of hydrogen-bond acceptors (Lipinski definition) is 2. The van der Waals surface area contributed by atoms with E-state index in [-0.39, 0.29) is 11.6 Å². The lowest BCUT2D eigenvalue weighted by Crippen LogP contribution is -2.49. The van der Waals surface area contributed by atoms with Crippen LogP contribution in [0.5, 0.6) is 0 Å². The van der Waals surface area contributed by atoms with Gasteiger partial charge >= 0.3 is 6.18 Å². The van der Waals surface area contributed by atoms with E-state index in [1.165, 1.54) is 4.90 Å². The molecule has 0 aromatic carbocycles. The molecule has 0 spiro atoms. The molecule has 1 aliphatic rings. The Labute approximate surface area is 88.8 Å².